The normalized spacial score (nSPS) is 10.9. The van der Waals surface area contributed by atoms with Crippen molar-refractivity contribution in [1.29, 1.82) is 0 Å². The van der Waals surface area contributed by atoms with E-state index in [0.717, 1.165) is 0 Å². The number of aliphatic carboxylic acids is 1. The second-order valence-corrected chi connectivity index (χ2v) is 4.13. The molecule has 0 aliphatic heterocycles. The highest BCUT2D eigenvalue weighted by Crippen LogP contribution is 2.21. The van der Waals surface area contributed by atoms with Gasteiger partial charge in [0.05, 0.1) is 25.8 Å². The number of hydrazone groups is 1. The van der Waals surface area contributed by atoms with E-state index in [1.54, 1.807) is 32.0 Å². The summed E-state index contributed by atoms with van der Waals surface area (Å²) in [6.45, 7) is 3.64. The Labute approximate surface area is 122 Å². The van der Waals surface area contributed by atoms with Crippen LogP contribution in [0.2, 0.25) is 0 Å². The zero-order valence-corrected chi connectivity index (χ0v) is 12.2. The summed E-state index contributed by atoms with van der Waals surface area (Å²) < 4.78 is 9.80. The van der Waals surface area contributed by atoms with Crippen molar-refractivity contribution in [1.82, 2.24) is 5.43 Å². The number of rotatable bonds is 6. The van der Waals surface area contributed by atoms with E-state index in [1.807, 2.05) is 0 Å². The third kappa shape index (κ3) is 5.13. The van der Waals surface area contributed by atoms with Crippen LogP contribution in [0.15, 0.2) is 23.3 Å². The molecule has 7 heteroatoms. The Morgan fingerprint density at radius 3 is 2.67 bits per heavy atom. The van der Waals surface area contributed by atoms with Gasteiger partial charge in [0, 0.05) is 5.56 Å². The molecule has 0 atom stereocenters. The minimum atomic E-state index is -0.954. The molecular formula is C14H18N2O5. The van der Waals surface area contributed by atoms with Crippen LogP contribution in [0, 0.1) is 0 Å². The number of amides is 1. The SMILES string of the molecule is CCOC(=O)N/N=C(/C)c1ccc(OC)c(CC(=O)O)c1. The molecule has 114 valence electrons. The predicted molar refractivity (Wildman–Crippen MR) is 76.7 cm³/mol. The average Bonchev–Trinajstić information content (AvgIpc) is 2.44. The molecule has 7 nitrogen and oxygen atoms in total. The number of carboxylic acid groups (broad SMARTS) is 1. The standard InChI is InChI=1S/C14H18N2O5/c1-4-21-14(19)16-15-9(2)10-5-6-12(20-3)11(7-10)8-13(17)18/h5-7H,4,8H2,1-3H3,(H,16,19)(H,17,18)/b15-9-. The lowest BCUT2D eigenvalue weighted by Gasteiger charge is -2.09. The molecule has 0 bridgehead atoms. The molecule has 0 aliphatic carbocycles. The maximum absolute atomic E-state index is 11.2. The molecular weight excluding hydrogens is 276 g/mol. The molecule has 1 amide bonds. The minimum absolute atomic E-state index is 0.157. The van der Waals surface area contributed by atoms with Gasteiger partial charge in [0.2, 0.25) is 0 Å². The topological polar surface area (TPSA) is 97.2 Å². The smallest absolute Gasteiger partial charge is 0.427 e. The summed E-state index contributed by atoms with van der Waals surface area (Å²) in [7, 11) is 1.48. The van der Waals surface area contributed by atoms with E-state index in [2.05, 4.69) is 15.3 Å². The number of carbonyl (C=O) groups excluding carboxylic acids is 1. The van der Waals surface area contributed by atoms with E-state index in [4.69, 9.17) is 9.84 Å². The van der Waals surface area contributed by atoms with Crippen LogP contribution in [0.4, 0.5) is 4.79 Å². The van der Waals surface area contributed by atoms with Crippen LogP contribution < -0.4 is 10.2 Å². The van der Waals surface area contributed by atoms with Crippen molar-refractivity contribution < 1.29 is 24.2 Å². The Bertz CT molecular complexity index is 554. The fourth-order valence-electron chi connectivity index (χ4n) is 1.66. The van der Waals surface area contributed by atoms with Gasteiger partial charge < -0.3 is 14.6 Å². The van der Waals surface area contributed by atoms with Crippen LogP contribution in [0.5, 0.6) is 5.75 Å². The first-order valence-corrected chi connectivity index (χ1v) is 6.34. The average molecular weight is 294 g/mol. The van der Waals surface area contributed by atoms with Crippen molar-refractivity contribution in [2.45, 2.75) is 20.3 Å². The summed E-state index contributed by atoms with van der Waals surface area (Å²) in [5.41, 5.74) is 3.99. The minimum Gasteiger partial charge on any atom is -0.496 e. The van der Waals surface area contributed by atoms with Crippen molar-refractivity contribution in [3.63, 3.8) is 0 Å². The zero-order valence-electron chi connectivity index (χ0n) is 12.2. The van der Waals surface area contributed by atoms with Crippen LogP contribution in [-0.4, -0.2) is 36.6 Å². The van der Waals surface area contributed by atoms with Crippen LogP contribution in [-0.2, 0) is 16.0 Å². The first kappa shape index (κ1) is 16.5. The molecule has 0 unspecified atom stereocenters. The summed E-state index contributed by atoms with van der Waals surface area (Å²) in [6, 6.07) is 5.06. The van der Waals surface area contributed by atoms with E-state index in [9.17, 15) is 9.59 Å². The molecule has 0 radical (unpaired) electrons. The van der Waals surface area contributed by atoms with Gasteiger partial charge in [-0.15, -0.1) is 0 Å². The number of hydrogen-bond acceptors (Lipinski definition) is 5. The van der Waals surface area contributed by atoms with Gasteiger partial charge >= 0.3 is 12.1 Å². The van der Waals surface area contributed by atoms with Crippen molar-refractivity contribution >= 4 is 17.8 Å². The first-order valence-electron chi connectivity index (χ1n) is 6.34. The summed E-state index contributed by atoms with van der Waals surface area (Å²) in [5, 5.41) is 12.8. The number of ether oxygens (including phenoxy) is 2. The number of benzene rings is 1. The number of methoxy groups -OCH3 is 1. The van der Waals surface area contributed by atoms with E-state index >= 15 is 0 Å². The van der Waals surface area contributed by atoms with Crippen molar-refractivity contribution in [3.8, 4) is 5.75 Å². The largest absolute Gasteiger partial charge is 0.496 e. The molecule has 0 heterocycles. The van der Waals surface area contributed by atoms with Gasteiger partial charge in [0.25, 0.3) is 0 Å². The van der Waals surface area contributed by atoms with E-state index in [1.165, 1.54) is 7.11 Å². The Morgan fingerprint density at radius 1 is 1.38 bits per heavy atom. The number of nitrogens with zero attached hydrogens (tertiary/aromatic N) is 1. The summed E-state index contributed by atoms with van der Waals surface area (Å²) in [6.07, 6.45) is -0.800. The van der Waals surface area contributed by atoms with Gasteiger partial charge in [-0.05, 0) is 37.6 Å². The predicted octanol–water partition coefficient (Wildman–Crippen LogP) is 1.79. The van der Waals surface area contributed by atoms with Gasteiger partial charge in [0.1, 0.15) is 5.75 Å². The van der Waals surface area contributed by atoms with E-state index in [-0.39, 0.29) is 13.0 Å². The van der Waals surface area contributed by atoms with Gasteiger partial charge in [0.15, 0.2) is 0 Å². The fourth-order valence-corrected chi connectivity index (χ4v) is 1.66. The highest BCUT2D eigenvalue weighted by Gasteiger charge is 2.10. The Balaban J connectivity index is 2.94. The highest BCUT2D eigenvalue weighted by molar-refractivity contribution is 5.99. The lowest BCUT2D eigenvalue weighted by atomic mass is 10.0. The monoisotopic (exact) mass is 294 g/mol. The van der Waals surface area contributed by atoms with Crippen LogP contribution in [0.3, 0.4) is 0 Å². The molecule has 21 heavy (non-hydrogen) atoms. The molecule has 0 saturated heterocycles. The lowest BCUT2D eigenvalue weighted by Crippen LogP contribution is -2.20. The van der Waals surface area contributed by atoms with Gasteiger partial charge in [-0.1, -0.05) is 0 Å². The third-order valence-electron chi connectivity index (χ3n) is 2.63. The van der Waals surface area contributed by atoms with E-state index in [0.29, 0.717) is 22.6 Å². The summed E-state index contributed by atoms with van der Waals surface area (Å²) in [4.78, 5) is 22.0. The molecule has 2 N–H and O–H groups in total. The quantitative estimate of drug-likeness (QED) is 0.616. The molecule has 0 fully saturated rings. The van der Waals surface area contributed by atoms with Gasteiger partial charge in [-0.3, -0.25) is 4.79 Å². The Morgan fingerprint density at radius 2 is 2.10 bits per heavy atom. The first-order chi connectivity index (χ1) is 9.97. The second kappa shape index (κ2) is 7.88. The van der Waals surface area contributed by atoms with Crippen molar-refractivity contribution in [2.75, 3.05) is 13.7 Å². The number of carbonyl (C=O) groups is 2. The Kier molecular flexibility index (Phi) is 6.19. The molecule has 1 aromatic rings. The summed E-state index contributed by atoms with van der Waals surface area (Å²) in [5.74, 6) is -0.461. The maximum Gasteiger partial charge on any atom is 0.427 e. The molecule has 0 spiro atoms. The summed E-state index contributed by atoms with van der Waals surface area (Å²) >= 11 is 0. The van der Waals surface area contributed by atoms with Crippen molar-refractivity contribution in [3.05, 3.63) is 29.3 Å². The Hall–Kier alpha value is -2.57. The third-order valence-corrected chi connectivity index (χ3v) is 2.63. The number of nitrogens with one attached hydrogen (secondary N) is 1. The van der Waals surface area contributed by atoms with Crippen LogP contribution in [0.25, 0.3) is 0 Å². The zero-order chi connectivity index (χ0) is 15.8. The van der Waals surface area contributed by atoms with Crippen molar-refractivity contribution in [2.24, 2.45) is 5.10 Å². The molecule has 1 rings (SSSR count). The molecule has 0 aliphatic rings. The van der Waals surface area contributed by atoms with Gasteiger partial charge in [-0.25, -0.2) is 10.2 Å². The highest BCUT2D eigenvalue weighted by atomic mass is 16.5. The molecule has 0 saturated carbocycles. The van der Waals surface area contributed by atoms with E-state index < -0.39 is 12.1 Å². The fraction of sp³-hybridized carbons (Fsp3) is 0.357. The molecule has 1 aromatic carbocycles. The second-order valence-electron chi connectivity index (χ2n) is 4.13. The van der Waals surface area contributed by atoms with Gasteiger partial charge in [-0.2, -0.15) is 5.10 Å². The van der Waals surface area contributed by atoms with Crippen LogP contribution in [0.1, 0.15) is 25.0 Å². The number of hydrogen-bond donors (Lipinski definition) is 2. The molecule has 0 aromatic heterocycles. The number of carboxylic acids is 1. The van der Waals surface area contributed by atoms with Crippen LogP contribution >= 0.6 is 0 Å². The maximum atomic E-state index is 11.2. The lowest BCUT2D eigenvalue weighted by molar-refractivity contribution is -0.136.